The molecule has 0 saturated heterocycles. The highest BCUT2D eigenvalue weighted by atomic mass is 32.2. The van der Waals surface area contributed by atoms with Crippen molar-refractivity contribution >= 4 is 15.7 Å². The van der Waals surface area contributed by atoms with Crippen molar-refractivity contribution in [3.8, 4) is 0 Å². The number of halogens is 4. The van der Waals surface area contributed by atoms with E-state index in [-0.39, 0.29) is 34.8 Å². The Kier molecular flexibility index (Phi) is 5.85. The molecule has 10 heteroatoms. The summed E-state index contributed by atoms with van der Waals surface area (Å²) in [6.45, 7) is 0.0996. The van der Waals surface area contributed by atoms with Crippen LogP contribution in [0.3, 0.4) is 0 Å². The third-order valence-electron chi connectivity index (χ3n) is 6.09. The molecule has 0 bridgehead atoms. The molecule has 32 heavy (non-hydrogen) atoms. The first-order valence-electron chi connectivity index (χ1n) is 10.5. The second-order valence-electron chi connectivity index (χ2n) is 8.71. The lowest BCUT2D eigenvalue weighted by molar-refractivity contribution is -0.141. The molecule has 0 atom stereocenters. The van der Waals surface area contributed by atoms with E-state index in [0.29, 0.717) is 35.8 Å². The monoisotopic (exact) mass is 472 g/mol. The second kappa shape index (κ2) is 8.20. The van der Waals surface area contributed by atoms with Crippen molar-refractivity contribution in [2.75, 3.05) is 4.72 Å². The number of sulfonamides is 1. The average molecular weight is 473 g/mol. The zero-order chi connectivity index (χ0) is 23.3. The number of aromatic nitrogens is 1. The van der Waals surface area contributed by atoms with E-state index in [4.69, 9.17) is 0 Å². The van der Waals surface area contributed by atoms with Gasteiger partial charge in [-0.05, 0) is 61.8 Å². The van der Waals surface area contributed by atoms with Crippen molar-refractivity contribution in [1.29, 1.82) is 0 Å². The summed E-state index contributed by atoms with van der Waals surface area (Å²) in [7, 11) is -3.84. The zero-order valence-electron chi connectivity index (χ0n) is 17.5. The first-order chi connectivity index (χ1) is 14.9. The van der Waals surface area contributed by atoms with E-state index < -0.39 is 39.4 Å². The Bertz CT molecular complexity index is 1200. The third-order valence-corrected chi connectivity index (χ3v) is 7.95. The number of nitrogens with zero attached hydrogens (tertiary/aromatic N) is 1. The molecule has 1 aromatic heterocycles. The molecule has 2 aliphatic carbocycles. The van der Waals surface area contributed by atoms with Gasteiger partial charge in [-0.25, -0.2) is 12.8 Å². The summed E-state index contributed by atoms with van der Waals surface area (Å²) < 4.78 is 83.3. The van der Waals surface area contributed by atoms with Gasteiger partial charge in [-0.1, -0.05) is 18.6 Å². The number of benzene rings is 1. The molecule has 4 rings (SSSR count). The van der Waals surface area contributed by atoms with E-state index in [2.05, 4.69) is 4.72 Å². The van der Waals surface area contributed by atoms with Gasteiger partial charge in [-0.15, -0.1) is 0 Å². The minimum atomic E-state index is -4.71. The van der Waals surface area contributed by atoms with Gasteiger partial charge >= 0.3 is 6.18 Å². The molecule has 0 unspecified atom stereocenters. The quantitative estimate of drug-likeness (QED) is 0.598. The predicted molar refractivity (Wildman–Crippen MR) is 113 cm³/mol. The molecule has 0 radical (unpaired) electrons. The fraction of sp³-hybridized carbons (Fsp3) is 0.500. The van der Waals surface area contributed by atoms with Crippen LogP contribution in [0, 0.1) is 12.7 Å². The summed E-state index contributed by atoms with van der Waals surface area (Å²) in [4.78, 5) is 13.0. The molecule has 5 nitrogen and oxygen atoms in total. The number of anilines is 1. The molecule has 0 amide bonds. The SMILES string of the molecule is Cc1ccc(Cc2c(NS(=O)(=O)C3CCC3)cc(C3CC3)c(=O)n2CC(F)(F)F)c(F)c1. The molecule has 2 aromatic rings. The van der Waals surface area contributed by atoms with Crippen LogP contribution in [-0.4, -0.2) is 24.4 Å². The maximum Gasteiger partial charge on any atom is 0.406 e. The van der Waals surface area contributed by atoms with Crippen LogP contribution in [0.2, 0.25) is 0 Å². The van der Waals surface area contributed by atoms with E-state index in [9.17, 15) is 30.8 Å². The van der Waals surface area contributed by atoms with E-state index in [1.54, 1.807) is 13.0 Å². The van der Waals surface area contributed by atoms with Gasteiger partial charge in [-0.3, -0.25) is 9.52 Å². The number of hydrogen-bond acceptors (Lipinski definition) is 3. The summed E-state index contributed by atoms with van der Waals surface area (Å²) in [6.07, 6.45) is -2.07. The maximum absolute atomic E-state index is 14.5. The number of rotatable bonds is 7. The highest BCUT2D eigenvalue weighted by Crippen LogP contribution is 2.40. The lowest BCUT2D eigenvalue weighted by Gasteiger charge is -2.27. The van der Waals surface area contributed by atoms with Crippen molar-refractivity contribution in [2.45, 2.75) is 69.3 Å². The summed E-state index contributed by atoms with van der Waals surface area (Å²) in [5.74, 6) is -0.825. The standard InChI is InChI=1S/C22H24F4N2O3S/c1-13-5-6-15(18(23)9-13)10-20-19(27-32(30,31)16-3-2-4-16)11-17(14-7-8-14)21(29)28(20)12-22(24,25)26/h5-6,9,11,14,16,27H,2-4,7-8,10,12H2,1H3. The van der Waals surface area contributed by atoms with Crippen molar-refractivity contribution < 1.29 is 26.0 Å². The fourth-order valence-corrected chi connectivity index (χ4v) is 5.53. The average Bonchev–Trinajstić information content (AvgIpc) is 3.44. The molecular weight excluding hydrogens is 448 g/mol. The Morgan fingerprint density at radius 2 is 1.81 bits per heavy atom. The number of hydrogen-bond donors (Lipinski definition) is 1. The van der Waals surface area contributed by atoms with Gasteiger partial charge in [0.05, 0.1) is 16.6 Å². The highest BCUT2D eigenvalue weighted by Gasteiger charge is 2.36. The molecular formula is C22H24F4N2O3S. The minimum Gasteiger partial charge on any atom is -0.301 e. The molecule has 2 fully saturated rings. The van der Waals surface area contributed by atoms with E-state index in [1.165, 1.54) is 18.2 Å². The molecule has 0 spiro atoms. The van der Waals surface area contributed by atoms with Crippen LogP contribution >= 0.6 is 0 Å². The van der Waals surface area contributed by atoms with E-state index in [0.717, 1.165) is 6.42 Å². The number of pyridine rings is 1. The Hall–Kier alpha value is -2.36. The van der Waals surface area contributed by atoms with Crippen LogP contribution in [0.1, 0.15) is 60.4 Å². The Morgan fingerprint density at radius 1 is 1.12 bits per heavy atom. The largest absolute Gasteiger partial charge is 0.406 e. The van der Waals surface area contributed by atoms with Crippen LogP contribution in [0.4, 0.5) is 23.2 Å². The Labute approximate surface area is 183 Å². The van der Waals surface area contributed by atoms with Crippen LogP contribution in [0.25, 0.3) is 0 Å². The normalized spacial score (nSPS) is 17.3. The first kappa shape index (κ1) is 22.8. The van der Waals surface area contributed by atoms with Gasteiger partial charge < -0.3 is 4.57 Å². The molecule has 1 N–H and O–H groups in total. The molecule has 0 aliphatic heterocycles. The van der Waals surface area contributed by atoms with Crippen molar-refractivity contribution in [3.63, 3.8) is 0 Å². The van der Waals surface area contributed by atoms with Gasteiger partial charge in [0, 0.05) is 12.0 Å². The van der Waals surface area contributed by atoms with Gasteiger partial charge in [0.2, 0.25) is 10.0 Å². The molecule has 2 saturated carbocycles. The fourth-order valence-electron chi connectivity index (χ4n) is 3.93. The number of nitrogens with one attached hydrogen (secondary N) is 1. The summed E-state index contributed by atoms with van der Waals surface area (Å²) in [5, 5.41) is -0.626. The summed E-state index contributed by atoms with van der Waals surface area (Å²) >= 11 is 0. The Balaban J connectivity index is 1.87. The van der Waals surface area contributed by atoms with Gasteiger partial charge in [0.15, 0.2) is 0 Å². The van der Waals surface area contributed by atoms with E-state index in [1.807, 2.05) is 0 Å². The van der Waals surface area contributed by atoms with Crippen LogP contribution < -0.4 is 10.3 Å². The van der Waals surface area contributed by atoms with Crippen LogP contribution in [-0.2, 0) is 23.0 Å². The smallest absolute Gasteiger partial charge is 0.301 e. The minimum absolute atomic E-state index is 0.0780. The van der Waals surface area contributed by atoms with Gasteiger partial charge in [0.1, 0.15) is 12.4 Å². The molecule has 1 heterocycles. The molecule has 2 aliphatic rings. The van der Waals surface area contributed by atoms with Crippen LogP contribution in [0.5, 0.6) is 0 Å². The number of aryl methyl sites for hydroxylation is 1. The first-order valence-corrected chi connectivity index (χ1v) is 12.1. The van der Waals surface area contributed by atoms with Gasteiger partial charge in [-0.2, -0.15) is 13.2 Å². The lowest BCUT2D eigenvalue weighted by atomic mass is 10.0. The predicted octanol–water partition coefficient (Wildman–Crippen LogP) is 4.62. The van der Waals surface area contributed by atoms with E-state index >= 15 is 0 Å². The molecule has 1 aromatic carbocycles. The molecule has 174 valence electrons. The highest BCUT2D eigenvalue weighted by molar-refractivity contribution is 7.93. The summed E-state index contributed by atoms with van der Waals surface area (Å²) in [5.41, 5.74) is -0.208. The summed E-state index contributed by atoms with van der Waals surface area (Å²) in [6, 6.07) is 5.65. The van der Waals surface area contributed by atoms with Crippen molar-refractivity contribution in [1.82, 2.24) is 4.57 Å². The van der Waals surface area contributed by atoms with Crippen LogP contribution in [0.15, 0.2) is 29.1 Å². The number of alkyl halides is 3. The van der Waals surface area contributed by atoms with Gasteiger partial charge in [0.25, 0.3) is 5.56 Å². The second-order valence-corrected chi connectivity index (χ2v) is 10.7. The third kappa shape index (κ3) is 4.84. The van der Waals surface area contributed by atoms with Crippen molar-refractivity contribution in [2.24, 2.45) is 0 Å². The topological polar surface area (TPSA) is 68.2 Å². The van der Waals surface area contributed by atoms with Crippen molar-refractivity contribution in [3.05, 3.63) is 62.8 Å². The lowest BCUT2D eigenvalue weighted by Crippen LogP contribution is -2.36. The zero-order valence-corrected chi connectivity index (χ0v) is 18.3. The maximum atomic E-state index is 14.5. The Morgan fingerprint density at radius 3 is 2.34 bits per heavy atom.